The second-order valence-corrected chi connectivity index (χ2v) is 4.53. The molecule has 1 aromatic carbocycles. The summed E-state index contributed by atoms with van der Waals surface area (Å²) >= 11 is 0. The minimum Gasteiger partial charge on any atom is -0.482 e. The predicted molar refractivity (Wildman–Crippen MR) is 73.7 cm³/mol. The minimum absolute atomic E-state index is 0.0221. The van der Waals surface area contributed by atoms with Gasteiger partial charge in [0.1, 0.15) is 11.5 Å². The molecule has 4 nitrogen and oxygen atoms in total. The first kappa shape index (κ1) is 15.9. The Morgan fingerprint density at radius 1 is 1.18 bits per heavy atom. The highest BCUT2D eigenvalue weighted by Crippen LogP contribution is 2.26. The van der Waals surface area contributed by atoms with E-state index in [9.17, 15) is 18.0 Å². The van der Waals surface area contributed by atoms with Crippen LogP contribution in [-0.2, 0) is 11.2 Å². The molecule has 1 N–H and O–H groups in total. The molecule has 0 saturated carbocycles. The number of hydrogen-bond acceptors (Lipinski definition) is 3. The van der Waals surface area contributed by atoms with Crippen LogP contribution in [0.3, 0.4) is 0 Å². The van der Waals surface area contributed by atoms with Gasteiger partial charge in [0, 0.05) is 12.8 Å². The van der Waals surface area contributed by atoms with Crippen molar-refractivity contribution in [2.75, 3.05) is 11.9 Å². The molecule has 7 heteroatoms. The van der Waals surface area contributed by atoms with Crippen LogP contribution in [0.15, 0.2) is 47.1 Å². The summed E-state index contributed by atoms with van der Waals surface area (Å²) in [5.74, 6) is 0.308. The number of benzene rings is 1. The second-order valence-electron chi connectivity index (χ2n) is 4.53. The smallest absolute Gasteiger partial charge is 0.422 e. The van der Waals surface area contributed by atoms with Crippen molar-refractivity contribution in [3.8, 4) is 5.75 Å². The maximum Gasteiger partial charge on any atom is 0.422 e. The van der Waals surface area contributed by atoms with Gasteiger partial charge in [0.05, 0.1) is 12.0 Å². The van der Waals surface area contributed by atoms with Gasteiger partial charge in [-0.1, -0.05) is 12.1 Å². The van der Waals surface area contributed by atoms with E-state index >= 15 is 0 Å². The second kappa shape index (κ2) is 7.02. The lowest BCUT2D eigenvalue weighted by molar-refractivity contribution is -0.153. The maximum atomic E-state index is 12.2. The van der Waals surface area contributed by atoms with Gasteiger partial charge in [0.2, 0.25) is 5.91 Å². The molecule has 0 fully saturated rings. The number of halogens is 3. The first-order valence-electron chi connectivity index (χ1n) is 6.55. The molecule has 1 heterocycles. The van der Waals surface area contributed by atoms with Crippen LogP contribution in [0.4, 0.5) is 18.9 Å². The van der Waals surface area contributed by atoms with Crippen LogP contribution in [0.2, 0.25) is 0 Å². The summed E-state index contributed by atoms with van der Waals surface area (Å²) in [7, 11) is 0. The molecule has 22 heavy (non-hydrogen) atoms. The van der Waals surface area contributed by atoms with Crippen LogP contribution >= 0.6 is 0 Å². The van der Waals surface area contributed by atoms with Crippen molar-refractivity contribution in [3.05, 3.63) is 48.4 Å². The molecule has 0 spiro atoms. The Kier molecular flexibility index (Phi) is 5.08. The summed E-state index contributed by atoms with van der Waals surface area (Å²) in [4.78, 5) is 11.8. The molecule has 1 aromatic heterocycles. The average Bonchev–Trinajstić information content (AvgIpc) is 2.97. The SMILES string of the molecule is O=C(CCc1ccco1)Nc1ccccc1OCC(F)(F)F. The van der Waals surface area contributed by atoms with Crippen LogP contribution in [0.1, 0.15) is 12.2 Å². The van der Waals surface area contributed by atoms with Crippen LogP contribution in [0, 0.1) is 0 Å². The zero-order chi connectivity index (χ0) is 16.0. The van der Waals surface area contributed by atoms with Gasteiger partial charge in [-0.05, 0) is 24.3 Å². The van der Waals surface area contributed by atoms with Gasteiger partial charge in [0.25, 0.3) is 0 Å². The molecule has 2 aromatic rings. The third-order valence-corrected chi connectivity index (χ3v) is 2.73. The number of carbonyl (C=O) groups excluding carboxylic acids is 1. The molecule has 0 bridgehead atoms. The third kappa shape index (κ3) is 5.16. The number of hydrogen-bond donors (Lipinski definition) is 1. The molecular weight excluding hydrogens is 299 g/mol. The van der Waals surface area contributed by atoms with E-state index in [1.165, 1.54) is 24.5 Å². The van der Waals surface area contributed by atoms with Gasteiger partial charge in [-0.25, -0.2) is 0 Å². The Labute approximate surface area is 124 Å². The monoisotopic (exact) mass is 313 g/mol. The standard InChI is InChI=1S/C15H14F3NO3/c16-15(17,18)10-22-13-6-2-1-5-12(13)19-14(20)8-7-11-4-3-9-21-11/h1-6,9H,7-8,10H2,(H,19,20). The van der Waals surface area contributed by atoms with E-state index in [0.29, 0.717) is 12.2 Å². The fourth-order valence-electron chi connectivity index (χ4n) is 1.76. The average molecular weight is 313 g/mol. The Morgan fingerprint density at radius 3 is 2.64 bits per heavy atom. The number of anilines is 1. The number of aryl methyl sites for hydroxylation is 1. The zero-order valence-corrected chi connectivity index (χ0v) is 11.5. The lowest BCUT2D eigenvalue weighted by Crippen LogP contribution is -2.20. The van der Waals surface area contributed by atoms with E-state index in [4.69, 9.17) is 9.15 Å². The summed E-state index contributed by atoms with van der Waals surface area (Å²) in [6, 6.07) is 9.44. The molecule has 0 aliphatic rings. The number of rotatable bonds is 6. The molecule has 0 unspecified atom stereocenters. The molecule has 0 aliphatic heterocycles. The third-order valence-electron chi connectivity index (χ3n) is 2.73. The molecule has 1 amide bonds. The number of ether oxygens (including phenoxy) is 1. The van der Waals surface area contributed by atoms with Crippen molar-refractivity contribution >= 4 is 11.6 Å². The normalized spacial score (nSPS) is 11.2. The van der Waals surface area contributed by atoms with Gasteiger partial charge >= 0.3 is 6.18 Å². The van der Waals surface area contributed by atoms with Crippen molar-refractivity contribution < 1.29 is 27.1 Å². The molecule has 2 rings (SSSR count). The quantitative estimate of drug-likeness (QED) is 0.882. The van der Waals surface area contributed by atoms with Crippen molar-refractivity contribution in [1.29, 1.82) is 0 Å². The Balaban J connectivity index is 1.92. The molecule has 118 valence electrons. The zero-order valence-electron chi connectivity index (χ0n) is 11.5. The lowest BCUT2D eigenvalue weighted by atomic mass is 10.2. The highest BCUT2D eigenvalue weighted by molar-refractivity contribution is 5.92. The van der Waals surface area contributed by atoms with E-state index in [2.05, 4.69) is 5.32 Å². The van der Waals surface area contributed by atoms with Gasteiger partial charge in [0.15, 0.2) is 6.61 Å². The van der Waals surface area contributed by atoms with Gasteiger partial charge in [-0.15, -0.1) is 0 Å². The van der Waals surface area contributed by atoms with Crippen molar-refractivity contribution in [1.82, 2.24) is 0 Å². The number of para-hydroxylation sites is 2. The minimum atomic E-state index is -4.43. The lowest BCUT2D eigenvalue weighted by Gasteiger charge is -2.13. The highest BCUT2D eigenvalue weighted by atomic mass is 19.4. The molecular formula is C15H14F3NO3. The predicted octanol–water partition coefficient (Wildman–Crippen LogP) is 3.79. The van der Waals surface area contributed by atoms with E-state index in [-0.39, 0.29) is 23.8 Å². The van der Waals surface area contributed by atoms with Gasteiger partial charge in [-0.3, -0.25) is 4.79 Å². The van der Waals surface area contributed by atoms with Gasteiger partial charge < -0.3 is 14.5 Å². The summed E-state index contributed by atoms with van der Waals surface area (Å²) in [6.07, 6.45) is -2.37. The van der Waals surface area contributed by atoms with Crippen LogP contribution < -0.4 is 10.1 Å². The van der Waals surface area contributed by atoms with E-state index < -0.39 is 12.8 Å². The number of carbonyl (C=O) groups is 1. The highest BCUT2D eigenvalue weighted by Gasteiger charge is 2.28. The molecule has 0 aliphatic carbocycles. The van der Waals surface area contributed by atoms with Crippen LogP contribution in [0.25, 0.3) is 0 Å². The molecule has 0 atom stereocenters. The Bertz CT molecular complexity index is 609. The number of amides is 1. The fraction of sp³-hybridized carbons (Fsp3) is 0.267. The fourth-order valence-corrected chi connectivity index (χ4v) is 1.76. The molecule has 0 radical (unpaired) electrons. The summed E-state index contributed by atoms with van der Waals surface area (Å²) in [5, 5.41) is 2.54. The van der Waals surface area contributed by atoms with Gasteiger partial charge in [-0.2, -0.15) is 13.2 Å². The maximum absolute atomic E-state index is 12.2. The van der Waals surface area contributed by atoms with Crippen molar-refractivity contribution in [2.24, 2.45) is 0 Å². The number of alkyl halides is 3. The topological polar surface area (TPSA) is 51.5 Å². The number of nitrogens with one attached hydrogen (secondary N) is 1. The summed E-state index contributed by atoms with van der Waals surface area (Å²) < 4.78 is 46.4. The Hall–Kier alpha value is -2.44. The van der Waals surface area contributed by atoms with E-state index in [0.717, 1.165) is 0 Å². The van der Waals surface area contributed by atoms with E-state index in [1.807, 2.05) is 0 Å². The first-order valence-corrected chi connectivity index (χ1v) is 6.55. The largest absolute Gasteiger partial charge is 0.482 e. The Morgan fingerprint density at radius 2 is 1.95 bits per heavy atom. The summed E-state index contributed by atoms with van der Waals surface area (Å²) in [6.45, 7) is -1.41. The van der Waals surface area contributed by atoms with E-state index in [1.54, 1.807) is 18.2 Å². The first-order chi connectivity index (χ1) is 10.4. The van der Waals surface area contributed by atoms with Crippen LogP contribution in [-0.4, -0.2) is 18.7 Å². The van der Waals surface area contributed by atoms with Crippen molar-refractivity contribution in [3.63, 3.8) is 0 Å². The van der Waals surface area contributed by atoms with Crippen molar-refractivity contribution in [2.45, 2.75) is 19.0 Å². The van der Waals surface area contributed by atoms with Crippen LogP contribution in [0.5, 0.6) is 5.75 Å². The number of furan rings is 1. The summed E-state index contributed by atoms with van der Waals surface area (Å²) in [5.41, 5.74) is 0.205. The molecule has 0 saturated heterocycles.